The van der Waals surface area contributed by atoms with Crippen LogP contribution in [0.1, 0.15) is 50.6 Å². The molecule has 142 valence electrons. The van der Waals surface area contributed by atoms with Crippen LogP contribution in [0.2, 0.25) is 0 Å². The van der Waals surface area contributed by atoms with Gasteiger partial charge in [0.05, 0.1) is 18.2 Å². The van der Waals surface area contributed by atoms with Gasteiger partial charge in [0.2, 0.25) is 0 Å². The minimum Gasteiger partial charge on any atom is -0.508 e. The number of hydrogen-bond acceptors (Lipinski definition) is 5. The number of nitrogens with one attached hydrogen (secondary N) is 1. The van der Waals surface area contributed by atoms with Gasteiger partial charge < -0.3 is 9.84 Å². The first-order valence-corrected chi connectivity index (χ1v) is 8.95. The van der Waals surface area contributed by atoms with Crippen molar-refractivity contribution in [3.63, 3.8) is 0 Å². The molecule has 0 fully saturated rings. The third kappa shape index (κ3) is 2.81. The number of fused-ring (bicyclic) bond motifs is 1. The van der Waals surface area contributed by atoms with Crippen molar-refractivity contribution < 1.29 is 19.4 Å². The van der Waals surface area contributed by atoms with Crippen molar-refractivity contribution in [1.82, 2.24) is 10.2 Å². The number of hydrogen-bond donors (Lipinski definition) is 2. The Labute approximate surface area is 161 Å². The Morgan fingerprint density at radius 3 is 2.68 bits per heavy atom. The molecule has 0 saturated carbocycles. The Hall–Kier alpha value is -3.61. The van der Waals surface area contributed by atoms with E-state index < -0.39 is 12.0 Å². The van der Waals surface area contributed by atoms with Crippen LogP contribution in [0.4, 0.5) is 5.69 Å². The van der Waals surface area contributed by atoms with Crippen LogP contribution in [-0.4, -0.2) is 33.8 Å². The van der Waals surface area contributed by atoms with Crippen LogP contribution in [-0.2, 0) is 4.74 Å². The van der Waals surface area contributed by atoms with Gasteiger partial charge in [0, 0.05) is 16.9 Å². The number of nitrogens with zero attached hydrogens (tertiary/aromatic N) is 2. The lowest BCUT2D eigenvalue weighted by molar-refractivity contribution is 0.0526. The minimum absolute atomic E-state index is 0.122. The van der Waals surface area contributed by atoms with Crippen LogP contribution >= 0.6 is 0 Å². The molecule has 7 heteroatoms. The van der Waals surface area contributed by atoms with Gasteiger partial charge in [0.1, 0.15) is 5.75 Å². The number of aromatic hydroxyl groups is 1. The summed E-state index contributed by atoms with van der Waals surface area (Å²) in [5.74, 6) is -0.524. The molecule has 0 radical (unpaired) electrons. The standard InChI is InChI=1S/C21H19N3O4/c1-3-28-21(27)13-7-9-15(10-8-13)24-19(14-5-4-6-16(25)11-14)17-12(2)22-23-18(17)20(24)26/h4-11,19,25H,3H2,1-2H3,(H,22,23). The Balaban J connectivity index is 1.79. The first-order valence-electron chi connectivity index (χ1n) is 8.95. The number of carbonyl (C=O) groups is 2. The molecule has 1 atom stereocenters. The summed E-state index contributed by atoms with van der Waals surface area (Å²) in [6.07, 6.45) is 0. The summed E-state index contributed by atoms with van der Waals surface area (Å²) >= 11 is 0. The van der Waals surface area contributed by atoms with Crippen molar-refractivity contribution in [2.45, 2.75) is 19.9 Å². The Bertz CT molecular complexity index is 1060. The van der Waals surface area contributed by atoms with Gasteiger partial charge in [-0.2, -0.15) is 5.10 Å². The largest absolute Gasteiger partial charge is 0.508 e. The molecule has 2 heterocycles. The second-order valence-corrected chi connectivity index (χ2v) is 6.55. The van der Waals surface area contributed by atoms with Gasteiger partial charge in [-0.05, 0) is 55.8 Å². The number of aromatic amines is 1. The maximum absolute atomic E-state index is 13.1. The number of anilines is 1. The van der Waals surface area contributed by atoms with Crippen LogP contribution in [0.15, 0.2) is 48.5 Å². The maximum Gasteiger partial charge on any atom is 0.338 e. The summed E-state index contributed by atoms with van der Waals surface area (Å²) < 4.78 is 5.01. The van der Waals surface area contributed by atoms with Gasteiger partial charge in [-0.15, -0.1) is 0 Å². The fourth-order valence-corrected chi connectivity index (χ4v) is 3.55. The number of amides is 1. The highest BCUT2D eigenvalue weighted by molar-refractivity contribution is 6.10. The number of aromatic nitrogens is 2. The molecule has 0 aliphatic carbocycles. The monoisotopic (exact) mass is 377 g/mol. The lowest BCUT2D eigenvalue weighted by Crippen LogP contribution is -2.29. The van der Waals surface area contributed by atoms with E-state index in [1.165, 1.54) is 0 Å². The van der Waals surface area contributed by atoms with E-state index in [0.29, 0.717) is 23.6 Å². The van der Waals surface area contributed by atoms with Gasteiger partial charge in [-0.25, -0.2) is 4.79 Å². The Morgan fingerprint density at radius 1 is 1.25 bits per heavy atom. The summed E-state index contributed by atoms with van der Waals surface area (Å²) in [5, 5.41) is 17.0. The highest BCUT2D eigenvalue weighted by atomic mass is 16.5. The predicted octanol–water partition coefficient (Wildman–Crippen LogP) is 3.35. The molecule has 2 N–H and O–H groups in total. The van der Waals surface area contributed by atoms with Crippen molar-refractivity contribution in [2.24, 2.45) is 0 Å². The van der Waals surface area contributed by atoms with E-state index in [-0.39, 0.29) is 11.7 Å². The molecule has 4 rings (SSSR count). The van der Waals surface area contributed by atoms with E-state index in [2.05, 4.69) is 10.2 Å². The SMILES string of the molecule is CCOC(=O)c1ccc(N2C(=O)c3n[nH]c(C)c3C2c2cccc(O)c2)cc1. The lowest BCUT2D eigenvalue weighted by atomic mass is 9.98. The Kier molecular flexibility index (Phi) is 4.35. The smallest absolute Gasteiger partial charge is 0.338 e. The normalized spacial score (nSPS) is 15.6. The summed E-state index contributed by atoms with van der Waals surface area (Å²) in [5.41, 5.74) is 3.75. The number of esters is 1. The van der Waals surface area contributed by atoms with Crippen LogP contribution in [0.25, 0.3) is 0 Å². The molecule has 1 aliphatic heterocycles. The highest BCUT2D eigenvalue weighted by Crippen LogP contribution is 2.42. The summed E-state index contributed by atoms with van der Waals surface area (Å²) in [6, 6.07) is 13.1. The third-order valence-electron chi connectivity index (χ3n) is 4.79. The molecular formula is C21H19N3O4. The van der Waals surface area contributed by atoms with Gasteiger partial charge >= 0.3 is 5.97 Å². The summed E-state index contributed by atoms with van der Waals surface area (Å²) in [4.78, 5) is 26.6. The molecule has 0 spiro atoms. The quantitative estimate of drug-likeness (QED) is 0.680. The predicted molar refractivity (Wildman–Crippen MR) is 102 cm³/mol. The van der Waals surface area contributed by atoms with Gasteiger partial charge in [0.25, 0.3) is 5.91 Å². The zero-order chi connectivity index (χ0) is 19.8. The average Bonchev–Trinajstić information content (AvgIpc) is 3.20. The van der Waals surface area contributed by atoms with Crippen molar-refractivity contribution >= 4 is 17.6 Å². The van der Waals surface area contributed by atoms with Gasteiger partial charge in [0.15, 0.2) is 5.69 Å². The van der Waals surface area contributed by atoms with Crippen molar-refractivity contribution in [3.05, 3.63) is 76.6 Å². The second kappa shape index (κ2) is 6.84. The minimum atomic E-state index is -0.429. The molecule has 2 aromatic carbocycles. The molecule has 0 saturated heterocycles. The number of carbonyl (C=O) groups excluding carboxylic acids is 2. The molecule has 0 bridgehead atoms. The van der Waals surface area contributed by atoms with Gasteiger partial charge in [-0.3, -0.25) is 14.8 Å². The summed E-state index contributed by atoms with van der Waals surface area (Å²) in [6.45, 7) is 3.91. The van der Waals surface area contributed by atoms with Crippen LogP contribution in [0.3, 0.4) is 0 Å². The zero-order valence-electron chi connectivity index (χ0n) is 15.5. The molecule has 28 heavy (non-hydrogen) atoms. The average molecular weight is 377 g/mol. The number of benzene rings is 2. The molecule has 1 amide bonds. The number of aryl methyl sites for hydroxylation is 1. The number of phenolic OH excluding ortho intramolecular Hbond substituents is 1. The maximum atomic E-state index is 13.1. The van der Waals surface area contributed by atoms with Crippen LogP contribution < -0.4 is 4.90 Å². The number of phenols is 1. The van der Waals surface area contributed by atoms with E-state index in [1.807, 2.05) is 13.0 Å². The number of H-pyrrole nitrogens is 1. The molecule has 3 aromatic rings. The van der Waals surface area contributed by atoms with Crippen molar-refractivity contribution in [2.75, 3.05) is 11.5 Å². The fraction of sp³-hybridized carbons (Fsp3) is 0.190. The summed E-state index contributed by atoms with van der Waals surface area (Å²) in [7, 11) is 0. The lowest BCUT2D eigenvalue weighted by Gasteiger charge is -2.26. The highest BCUT2D eigenvalue weighted by Gasteiger charge is 2.42. The molecule has 1 aliphatic rings. The zero-order valence-corrected chi connectivity index (χ0v) is 15.5. The fourth-order valence-electron chi connectivity index (χ4n) is 3.55. The first-order chi connectivity index (χ1) is 13.5. The number of ether oxygens (including phenoxy) is 1. The van der Waals surface area contributed by atoms with Crippen LogP contribution in [0, 0.1) is 6.92 Å². The molecule has 1 aromatic heterocycles. The van der Waals surface area contributed by atoms with E-state index in [1.54, 1.807) is 54.3 Å². The van der Waals surface area contributed by atoms with Crippen molar-refractivity contribution in [1.29, 1.82) is 0 Å². The van der Waals surface area contributed by atoms with Crippen LogP contribution in [0.5, 0.6) is 5.75 Å². The van der Waals surface area contributed by atoms with E-state index in [9.17, 15) is 14.7 Å². The van der Waals surface area contributed by atoms with E-state index in [0.717, 1.165) is 16.8 Å². The topological polar surface area (TPSA) is 95.5 Å². The first kappa shape index (κ1) is 17.8. The molecular weight excluding hydrogens is 358 g/mol. The third-order valence-corrected chi connectivity index (χ3v) is 4.79. The Morgan fingerprint density at radius 2 is 2.00 bits per heavy atom. The molecule has 7 nitrogen and oxygen atoms in total. The molecule has 1 unspecified atom stereocenters. The second-order valence-electron chi connectivity index (χ2n) is 6.55. The van der Waals surface area contributed by atoms with Gasteiger partial charge in [-0.1, -0.05) is 12.1 Å². The van der Waals surface area contributed by atoms with E-state index in [4.69, 9.17) is 4.74 Å². The van der Waals surface area contributed by atoms with E-state index >= 15 is 0 Å². The van der Waals surface area contributed by atoms with Crippen molar-refractivity contribution in [3.8, 4) is 5.75 Å². The number of rotatable bonds is 4.